The number of nitrogens with zero attached hydrogens (tertiary/aromatic N) is 1. The molecule has 2 atom stereocenters. The molecule has 1 amide bonds. The van der Waals surface area contributed by atoms with Gasteiger partial charge in [0, 0.05) is 12.6 Å². The normalized spacial score (nSPS) is 23.0. The SMILES string of the molecule is CC1CCC(C(N)=O)CN1CC(=O)c1cc(F)ccc1O. The number of amides is 1. The Morgan fingerprint density at radius 3 is 2.81 bits per heavy atom. The average Bonchev–Trinajstić information content (AvgIpc) is 2.43. The standard InChI is InChI=1S/C15H19FN2O3/c1-9-2-3-10(15(17)21)7-18(9)8-14(20)12-6-11(16)4-5-13(12)19/h4-6,9-10,19H,2-3,7-8H2,1H3,(H2,17,21). The van der Waals surface area contributed by atoms with Crippen LogP contribution in [0.3, 0.4) is 0 Å². The monoisotopic (exact) mass is 294 g/mol. The molecule has 0 aliphatic carbocycles. The number of benzene rings is 1. The van der Waals surface area contributed by atoms with Gasteiger partial charge in [0.2, 0.25) is 5.91 Å². The van der Waals surface area contributed by atoms with Gasteiger partial charge >= 0.3 is 0 Å². The van der Waals surface area contributed by atoms with Crippen LogP contribution in [0.2, 0.25) is 0 Å². The van der Waals surface area contributed by atoms with Crippen molar-refractivity contribution in [1.82, 2.24) is 4.90 Å². The lowest BCUT2D eigenvalue weighted by Crippen LogP contribution is -2.47. The van der Waals surface area contributed by atoms with Crippen LogP contribution in [-0.2, 0) is 4.79 Å². The zero-order valence-corrected chi connectivity index (χ0v) is 11.9. The molecular weight excluding hydrogens is 275 g/mol. The summed E-state index contributed by atoms with van der Waals surface area (Å²) in [6.07, 6.45) is 1.49. The molecule has 0 spiro atoms. The summed E-state index contributed by atoms with van der Waals surface area (Å²) in [6.45, 7) is 2.41. The van der Waals surface area contributed by atoms with Crippen molar-refractivity contribution in [3.63, 3.8) is 0 Å². The van der Waals surface area contributed by atoms with Crippen LogP contribution in [0, 0.1) is 11.7 Å². The predicted molar refractivity (Wildman–Crippen MR) is 75.3 cm³/mol. The number of phenolic OH excluding ortho intramolecular Hbond substituents is 1. The molecule has 1 fully saturated rings. The predicted octanol–water partition coefficient (Wildman–Crippen LogP) is 1.30. The van der Waals surface area contributed by atoms with Gasteiger partial charge in [-0.1, -0.05) is 0 Å². The lowest BCUT2D eigenvalue weighted by Gasteiger charge is -2.36. The van der Waals surface area contributed by atoms with Gasteiger partial charge in [-0.15, -0.1) is 0 Å². The van der Waals surface area contributed by atoms with E-state index in [0.717, 1.165) is 24.6 Å². The maximum absolute atomic E-state index is 13.2. The van der Waals surface area contributed by atoms with Crippen molar-refractivity contribution in [2.45, 2.75) is 25.8 Å². The fraction of sp³-hybridized carbons (Fsp3) is 0.467. The summed E-state index contributed by atoms with van der Waals surface area (Å²) >= 11 is 0. The van der Waals surface area contributed by atoms with E-state index in [1.54, 1.807) is 0 Å². The van der Waals surface area contributed by atoms with Crippen LogP contribution >= 0.6 is 0 Å². The summed E-state index contributed by atoms with van der Waals surface area (Å²) in [5.74, 6) is -1.82. The minimum atomic E-state index is -0.571. The topological polar surface area (TPSA) is 83.6 Å². The average molecular weight is 294 g/mol. The Morgan fingerprint density at radius 1 is 1.43 bits per heavy atom. The second-order valence-electron chi connectivity index (χ2n) is 5.54. The van der Waals surface area contributed by atoms with Crippen LogP contribution in [0.25, 0.3) is 0 Å². The van der Waals surface area contributed by atoms with E-state index in [0.29, 0.717) is 13.0 Å². The number of phenols is 1. The Morgan fingerprint density at radius 2 is 2.14 bits per heavy atom. The quantitative estimate of drug-likeness (QED) is 0.820. The number of carbonyl (C=O) groups is 2. The van der Waals surface area contributed by atoms with Crippen molar-refractivity contribution in [1.29, 1.82) is 0 Å². The van der Waals surface area contributed by atoms with E-state index in [2.05, 4.69) is 0 Å². The van der Waals surface area contributed by atoms with Crippen molar-refractivity contribution in [3.8, 4) is 5.75 Å². The summed E-state index contributed by atoms with van der Waals surface area (Å²) in [4.78, 5) is 25.4. The third-order valence-corrected chi connectivity index (χ3v) is 4.02. The molecule has 114 valence electrons. The Balaban J connectivity index is 2.10. The molecule has 5 nitrogen and oxygen atoms in total. The number of likely N-dealkylation sites (tertiary alicyclic amines) is 1. The Kier molecular flexibility index (Phi) is 4.57. The molecule has 1 aromatic carbocycles. The Hall–Kier alpha value is -1.95. The lowest BCUT2D eigenvalue weighted by molar-refractivity contribution is -0.123. The molecule has 0 radical (unpaired) electrons. The van der Waals surface area contributed by atoms with E-state index in [1.165, 1.54) is 0 Å². The first-order chi connectivity index (χ1) is 9.88. The Bertz CT molecular complexity index is 562. The van der Waals surface area contributed by atoms with Gasteiger partial charge in [-0.25, -0.2) is 4.39 Å². The van der Waals surface area contributed by atoms with Crippen molar-refractivity contribution in [2.75, 3.05) is 13.1 Å². The van der Waals surface area contributed by atoms with E-state index in [4.69, 9.17) is 5.73 Å². The largest absolute Gasteiger partial charge is 0.507 e. The van der Waals surface area contributed by atoms with Gasteiger partial charge in [-0.3, -0.25) is 14.5 Å². The molecule has 1 aliphatic rings. The van der Waals surface area contributed by atoms with Crippen molar-refractivity contribution in [3.05, 3.63) is 29.6 Å². The first-order valence-corrected chi connectivity index (χ1v) is 6.93. The molecular formula is C15H19FN2O3. The van der Waals surface area contributed by atoms with Gasteiger partial charge in [0.05, 0.1) is 18.0 Å². The number of hydrogen-bond acceptors (Lipinski definition) is 4. The molecule has 0 bridgehead atoms. The highest BCUT2D eigenvalue weighted by molar-refractivity contribution is 6.00. The summed E-state index contributed by atoms with van der Waals surface area (Å²) in [7, 11) is 0. The molecule has 1 saturated heterocycles. The zero-order valence-electron chi connectivity index (χ0n) is 11.9. The Labute approximate surface area is 122 Å². The highest BCUT2D eigenvalue weighted by Crippen LogP contribution is 2.24. The third-order valence-electron chi connectivity index (χ3n) is 4.02. The number of piperidine rings is 1. The van der Waals surface area contributed by atoms with Crippen molar-refractivity contribution in [2.24, 2.45) is 11.7 Å². The van der Waals surface area contributed by atoms with Crippen LogP contribution in [-0.4, -0.2) is 40.8 Å². The zero-order chi connectivity index (χ0) is 15.6. The molecule has 0 saturated carbocycles. The molecule has 21 heavy (non-hydrogen) atoms. The molecule has 1 heterocycles. The number of aromatic hydroxyl groups is 1. The van der Waals surface area contributed by atoms with E-state index < -0.39 is 5.82 Å². The number of nitrogens with two attached hydrogens (primary N) is 1. The van der Waals surface area contributed by atoms with Crippen LogP contribution in [0.5, 0.6) is 5.75 Å². The van der Waals surface area contributed by atoms with E-state index in [-0.39, 0.29) is 41.5 Å². The smallest absolute Gasteiger partial charge is 0.221 e. The third kappa shape index (κ3) is 3.58. The van der Waals surface area contributed by atoms with E-state index in [1.807, 2.05) is 11.8 Å². The van der Waals surface area contributed by atoms with Crippen LogP contribution in [0.1, 0.15) is 30.1 Å². The summed E-state index contributed by atoms with van der Waals surface area (Å²) in [5, 5.41) is 9.66. The molecule has 2 rings (SSSR count). The molecule has 6 heteroatoms. The number of Topliss-reactive ketones (excluding diaryl/α,β-unsaturated/α-hetero) is 1. The summed E-state index contributed by atoms with van der Waals surface area (Å²) < 4.78 is 13.2. The van der Waals surface area contributed by atoms with Crippen LogP contribution in [0.4, 0.5) is 4.39 Å². The number of rotatable bonds is 4. The molecule has 1 aliphatic heterocycles. The van der Waals surface area contributed by atoms with Crippen molar-refractivity contribution < 1.29 is 19.1 Å². The fourth-order valence-corrected chi connectivity index (χ4v) is 2.63. The van der Waals surface area contributed by atoms with Gasteiger partial charge in [0.15, 0.2) is 5.78 Å². The van der Waals surface area contributed by atoms with Crippen molar-refractivity contribution >= 4 is 11.7 Å². The molecule has 1 aromatic rings. The number of carbonyl (C=O) groups excluding carboxylic acids is 2. The highest BCUT2D eigenvalue weighted by atomic mass is 19.1. The number of ketones is 1. The number of hydrogen-bond donors (Lipinski definition) is 2. The van der Waals surface area contributed by atoms with Crippen LogP contribution in [0.15, 0.2) is 18.2 Å². The maximum Gasteiger partial charge on any atom is 0.221 e. The van der Waals surface area contributed by atoms with Gasteiger partial charge in [0.25, 0.3) is 0 Å². The van der Waals surface area contributed by atoms with Gasteiger partial charge in [-0.2, -0.15) is 0 Å². The summed E-state index contributed by atoms with van der Waals surface area (Å²) in [5.41, 5.74) is 5.28. The second kappa shape index (κ2) is 6.22. The second-order valence-corrected chi connectivity index (χ2v) is 5.54. The summed E-state index contributed by atoms with van der Waals surface area (Å²) in [6, 6.07) is 3.42. The van der Waals surface area contributed by atoms with Gasteiger partial charge in [0.1, 0.15) is 11.6 Å². The number of primary amides is 1. The molecule has 3 N–H and O–H groups in total. The minimum Gasteiger partial charge on any atom is -0.507 e. The van der Waals surface area contributed by atoms with Gasteiger partial charge < -0.3 is 10.8 Å². The minimum absolute atomic E-state index is 0.0297. The first kappa shape index (κ1) is 15.4. The number of halogens is 1. The first-order valence-electron chi connectivity index (χ1n) is 6.93. The molecule has 0 aromatic heterocycles. The van der Waals surface area contributed by atoms with Gasteiger partial charge in [-0.05, 0) is 38.0 Å². The van der Waals surface area contributed by atoms with Crippen LogP contribution < -0.4 is 5.73 Å². The lowest BCUT2D eigenvalue weighted by atomic mass is 9.92. The fourth-order valence-electron chi connectivity index (χ4n) is 2.63. The molecule has 2 unspecified atom stereocenters. The van der Waals surface area contributed by atoms with E-state index in [9.17, 15) is 19.1 Å². The maximum atomic E-state index is 13.2. The highest BCUT2D eigenvalue weighted by Gasteiger charge is 2.30. The van der Waals surface area contributed by atoms with E-state index >= 15 is 0 Å².